The van der Waals surface area contributed by atoms with Crippen molar-refractivity contribution in [1.82, 2.24) is 0 Å². The van der Waals surface area contributed by atoms with Crippen LogP contribution in [0.4, 0.5) is 87.8 Å². The summed E-state index contributed by atoms with van der Waals surface area (Å²) in [6.45, 7) is 0.326. The number of rotatable bonds is 8. The highest BCUT2D eigenvalue weighted by Crippen LogP contribution is 2.30. The molecule has 0 unspecified atom stereocenters. The quantitative estimate of drug-likeness (QED) is 0.0286. The van der Waals surface area contributed by atoms with E-state index in [0.717, 1.165) is 11.3 Å². The van der Waals surface area contributed by atoms with E-state index in [0.29, 0.717) is 12.4 Å². The van der Waals surface area contributed by atoms with Crippen LogP contribution in [0.25, 0.3) is 0 Å². The molecule has 0 saturated carbocycles. The summed E-state index contributed by atoms with van der Waals surface area (Å²) >= 11 is 5.83. The van der Waals surface area contributed by atoms with E-state index < -0.39 is 144 Å². The van der Waals surface area contributed by atoms with Gasteiger partial charge < -0.3 is 0 Å². The molecule has 0 spiro atoms. The summed E-state index contributed by atoms with van der Waals surface area (Å²) in [4.78, 5) is 12.0. The van der Waals surface area contributed by atoms with Gasteiger partial charge in [0.1, 0.15) is 58.6 Å². The van der Waals surface area contributed by atoms with E-state index in [9.17, 15) is 57.5 Å². The summed E-state index contributed by atoms with van der Waals surface area (Å²) < 4.78 is 296. The van der Waals surface area contributed by atoms with Crippen LogP contribution in [0.5, 0.6) is 0 Å². The Kier molecular flexibility index (Phi) is 13.4. The van der Waals surface area contributed by atoms with Crippen LogP contribution in [0.15, 0.2) is 54.7 Å². The molecule has 6 rings (SSSR count). The van der Waals surface area contributed by atoms with Crippen molar-refractivity contribution in [2.75, 3.05) is 0 Å². The third kappa shape index (κ3) is 7.38. The molecule has 0 N–H and O–H groups in total. The highest BCUT2D eigenvalue weighted by atomic mass is 35.5. The summed E-state index contributed by atoms with van der Waals surface area (Å²) in [7, 11) is 0. The number of pyridine rings is 1. The monoisotopic (exact) mass is 925 g/mol. The minimum absolute atomic E-state index is 0.0909. The second-order valence-electron chi connectivity index (χ2n) is 12.5. The standard InChI is InChI=1S/C24BF20.C14H13ClNO/c26-5-1(6(27)14(35)21(42)13(5)34)25(2-7(28)15(36)22(43)16(37)8(2)29,3-9(30)17(38)23(44)18(39)10(3)31)4-11(32)19(40)24(45)20(41)12(4)33;15-10-13-8-4-5-9-16(13)11-14(17)12-6-2-1-3-7-12/h;1-9H,10-11H2/q-1;+1. The molecular formula is C38H13BClF20NO. The molecule has 2 nitrogen and oxygen atoms in total. The number of carbonyl (C=O) groups is 1. The van der Waals surface area contributed by atoms with Crippen molar-refractivity contribution in [3.05, 3.63) is 182 Å². The molecule has 0 fully saturated rings. The third-order valence-electron chi connectivity index (χ3n) is 9.29. The number of benzene rings is 5. The Morgan fingerprint density at radius 2 is 0.645 bits per heavy atom. The van der Waals surface area contributed by atoms with Crippen molar-refractivity contribution < 1.29 is 97.2 Å². The molecule has 326 valence electrons. The number of halogens is 21. The molecule has 1 heterocycles. The molecule has 6 aromatic rings. The first-order valence-electron chi connectivity index (χ1n) is 16.4. The van der Waals surface area contributed by atoms with E-state index in [2.05, 4.69) is 0 Å². The average Bonchev–Trinajstić information content (AvgIpc) is 3.26. The lowest BCUT2D eigenvalue weighted by Gasteiger charge is -2.44. The Bertz CT molecular complexity index is 2410. The largest absolute Gasteiger partial charge is 0.287 e. The molecule has 0 bridgehead atoms. The van der Waals surface area contributed by atoms with Crippen molar-refractivity contribution in [1.29, 1.82) is 0 Å². The minimum Gasteiger partial charge on any atom is -0.287 e. The summed E-state index contributed by atoms with van der Waals surface area (Å²) in [5.74, 6) is -70.9. The lowest BCUT2D eigenvalue weighted by molar-refractivity contribution is -0.689. The molecule has 1 aromatic heterocycles. The van der Waals surface area contributed by atoms with E-state index in [1.54, 1.807) is 0 Å². The molecule has 0 aliphatic heterocycles. The molecule has 5 aromatic carbocycles. The summed E-state index contributed by atoms with van der Waals surface area (Å²) in [5, 5.41) is 0. The topological polar surface area (TPSA) is 20.9 Å². The third-order valence-corrected chi connectivity index (χ3v) is 9.56. The fraction of sp³-hybridized carbons (Fsp3) is 0.0526. The van der Waals surface area contributed by atoms with Gasteiger partial charge >= 0.3 is 0 Å². The van der Waals surface area contributed by atoms with Crippen LogP contribution in [-0.2, 0) is 12.4 Å². The predicted molar refractivity (Wildman–Crippen MR) is 176 cm³/mol. The Balaban J connectivity index is 0.000000355. The van der Waals surface area contributed by atoms with Crippen LogP contribution < -0.4 is 26.4 Å². The van der Waals surface area contributed by atoms with Gasteiger partial charge in [-0.2, -0.15) is 4.57 Å². The van der Waals surface area contributed by atoms with E-state index in [1.165, 1.54) is 0 Å². The van der Waals surface area contributed by atoms with Crippen LogP contribution in [0.3, 0.4) is 0 Å². The maximum absolute atomic E-state index is 15.4. The zero-order valence-corrected chi connectivity index (χ0v) is 30.2. The van der Waals surface area contributed by atoms with Crippen molar-refractivity contribution in [2.24, 2.45) is 0 Å². The van der Waals surface area contributed by atoms with E-state index in [1.807, 2.05) is 59.3 Å². The smallest absolute Gasteiger partial charge is 0.227 e. The predicted octanol–water partition coefficient (Wildman–Crippen LogP) is 8.44. The number of hydrogen-bond donors (Lipinski definition) is 0. The van der Waals surface area contributed by atoms with Gasteiger partial charge in [0.05, 0.1) is 0 Å². The molecule has 62 heavy (non-hydrogen) atoms. The van der Waals surface area contributed by atoms with Gasteiger partial charge in [-0.05, 0) is 0 Å². The van der Waals surface area contributed by atoms with E-state index in [4.69, 9.17) is 11.6 Å². The molecule has 0 saturated heterocycles. The van der Waals surface area contributed by atoms with Gasteiger partial charge in [-0.1, -0.05) is 36.4 Å². The van der Waals surface area contributed by atoms with E-state index in [-0.39, 0.29) is 5.78 Å². The van der Waals surface area contributed by atoms with Gasteiger partial charge in [-0.3, -0.25) is 4.79 Å². The number of hydrogen-bond acceptors (Lipinski definition) is 1. The molecule has 24 heteroatoms. The van der Waals surface area contributed by atoms with Gasteiger partial charge in [0.25, 0.3) is 0 Å². The number of carbonyl (C=O) groups excluding carboxylic acids is 1. The summed E-state index contributed by atoms with van der Waals surface area (Å²) in [6, 6.07) is 15.0. The van der Waals surface area contributed by atoms with Crippen LogP contribution in [0.1, 0.15) is 16.1 Å². The minimum atomic E-state index is -7.22. The Hall–Kier alpha value is -6.13. The lowest BCUT2D eigenvalue weighted by Crippen LogP contribution is -2.81. The first-order valence-corrected chi connectivity index (χ1v) is 16.9. The molecule has 0 atom stereocenters. The second-order valence-corrected chi connectivity index (χ2v) is 12.8. The number of ketones is 1. The number of aromatic nitrogens is 1. The first kappa shape index (κ1) is 46.9. The summed E-state index contributed by atoms with van der Waals surface area (Å²) in [6.07, 6.45) is -5.34. The van der Waals surface area contributed by atoms with Gasteiger partial charge in [0.2, 0.25) is 12.3 Å². The summed E-state index contributed by atoms with van der Waals surface area (Å²) in [5.41, 5.74) is -12.7. The highest BCUT2D eigenvalue weighted by molar-refractivity contribution is 7.20. The molecule has 0 aliphatic rings. The lowest BCUT2D eigenvalue weighted by atomic mass is 9.12. The number of nitrogens with zero attached hydrogens (tertiary/aromatic N) is 1. The SMILES string of the molecule is Fc1c(F)c(F)c([B-](c2c(F)c(F)c(F)c(F)c2F)(c2c(F)c(F)c(F)c(F)c2F)c2c(F)c(F)c(F)c(F)c2F)c(F)c1F.O=C(C[n+]1ccccc1CCl)c1ccccc1. The molecular weight excluding hydrogens is 913 g/mol. The van der Waals surface area contributed by atoms with Crippen molar-refractivity contribution in [2.45, 2.75) is 12.4 Å². The van der Waals surface area contributed by atoms with Crippen molar-refractivity contribution in [3.8, 4) is 0 Å². The average molecular weight is 926 g/mol. The van der Waals surface area contributed by atoms with Gasteiger partial charge in [-0.15, -0.1) is 33.5 Å². The van der Waals surface area contributed by atoms with Gasteiger partial charge in [0, 0.05) is 17.7 Å². The maximum atomic E-state index is 15.4. The number of alkyl halides is 1. The van der Waals surface area contributed by atoms with Crippen molar-refractivity contribution in [3.63, 3.8) is 0 Å². The Labute approximate surface area is 337 Å². The van der Waals surface area contributed by atoms with Crippen LogP contribution in [0.2, 0.25) is 0 Å². The van der Waals surface area contributed by atoms with Gasteiger partial charge in [-0.25, -0.2) is 87.8 Å². The molecule has 0 amide bonds. The fourth-order valence-corrected chi connectivity index (χ4v) is 6.77. The fourth-order valence-electron chi connectivity index (χ4n) is 6.53. The van der Waals surface area contributed by atoms with Gasteiger partial charge in [0.15, 0.2) is 81.7 Å². The zero-order valence-electron chi connectivity index (χ0n) is 29.5. The first-order chi connectivity index (χ1) is 29.0. The Morgan fingerprint density at radius 3 is 0.919 bits per heavy atom. The zero-order chi connectivity index (χ0) is 46.4. The number of Topliss-reactive ketones (excluding diaryl/α,β-unsaturated/α-hetero) is 1. The van der Waals surface area contributed by atoms with Crippen LogP contribution >= 0.6 is 11.6 Å². The van der Waals surface area contributed by atoms with Crippen LogP contribution in [0, 0.1) is 116 Å². The second kappa shape index (κ2) is 17.7. The highest BCUT2D eigenvalue weighted by Gasteiger charge is 2.52. The van der Waals surface area contributed by atoms with Crippen LogP contribution in [-0.4, -0.2) is 11.9 Å². The normalized spacial score (nSPS) is 11.5. The Morgan fingerprint density at radius 1 is 0.387 bits per heavy atom. The molecule has 0 aliphatic carbocycles. The maximum Gasteiger partial charge on any atom is 0.227 e. The molecule has 0 radical (unpaired) electrons. The van der Waals surface area contributed by atoms with E-state index >= 15 is 35.1 Å². The van der Waals surface area contributed by atoms with Crippen molar-refractivity contribution >= 4 is 45.4 Å².